The Balaban J connectivity index is 2.24. The predicted molar refractivity (Wildman–Crippen MR) is 119 cm³/mol. The van der Waals surface area contributed by atoms with Gasteiger partial charge in [0.1, 0.15) is 5.75 Å². The topological polar surface area (TPSA) is 120 Å². The van der Waals surface area contributed by atoms with E-state index in [9.17, 15) is 14.9 Å². The normalized spacial score (nSPS) is 14.5. The molecule has 9 heteroatoms. The molecule has 0 bridgehead atoms. The van der Waals surface area contributed by atoms with Crippen molar-refractivity contribution in [1.82, 2.24) is 4.98 Å². The molecular formula is C24H25N3O6. The second kappa shape index (κ2) is 10.0. The van der Waals surface area contributed by atoms with Crippen LogP contribution in [0.2, 0.25) is 0 Å². The van der Waals surface area contributed by atoms with Crippen molar-refractivity contribution in [3.05, 3.63) is 57.9 Å². The highest BCUT2D eigenvalue weighted by molar-refractivity contribution is 5.95. The van der Waals surface area contributed by atoms with Crippen LogP contribution < -0.4 is 14.8 Å². The summed E-state index contributed by atoms with van der Waals surface area (Å²) in [6.07, 6.45) is 1.70. The smallest absolute Gasteiger partial charge is 0.339 e. The first-order valence-electron chi connectivity index (χ1n) is 10.3. The maximum Gasteiger partial charge on any atom is 0.339 e. The lowest BCUT2D eigenvalue weighted by molar-refractivity contribution is -0.163. The molecule has 0 spiro atoms. The highest BCUT2D eigenvalue weighted by atomic mass is 16.7. The second-order valence-corrected chi connectivity index (χ2v) is 7.32. The molecule has 1 N–H and O–H groups in total. The fourth-order valence-electron chi connectivity index (χ4n) is 3.75. The number of carbonyl (C=O) groups is 2. The Morgan fingerprint density at radius 2 is 2.00 bits per heavy atom. The molecule has 0 amide bonds. The number of anilines is 1. The number of aromatic nitrogens is 1. The van der Waals surface area contributed by atoms with Crippen LogP contribution in [-0.4, -0.2) is 37.4 Å². The molecule has 172 valence electrons. The number of rotatable bonds is 7. The van der Waals surface area contributed by atoms with Gasteiger partial charge in [-0.05, 0) is 38.5 Å². The number of ether oxygens (including phenoxy) is 4. The Bertz CT molecular complexity index is 1170. The van der Waals surface area contributed by atoms with Crippen molar-refractivity contribution < 1.29 is 28.5 Å². The molecule has 0 fully saturated rings. The van der Waals surface area contributed by atoms with Crippen LogP contribution in [0.4, 0.5) is 5.69 Å². The van der Waals surface area contributed by atoms with Crippen LogP contribution in [0.3, 0.4) is 0 Å². The molecule has 0 aliphatic carbocycles. The number of nitrogens with zero attached hydrogens (tertiary/aromatic N) is 2. The highest BCUT2D eigenvalue weighted by Gasteiger charge is 2.38. The van der Waals surface area contributed by atoms with E-state index >= 15 is 0 Å². The Hall–Kier alpha value is -4.06. The van der Waals surface area contributed by atoms with Crippen molar-refractivity contribution in [2.24, 2.45) is 0 Å². The number of nitrogens with one attached hydrogen (secondary N) is 1. The molecule has 2 aromatic rings. The number of fused-ring (bicyclic) bond motifs is 1. The van der Waals surface area contributed by atoms with Crippen LogP contribution in [-0.2, 0) is 19.1 Å². The molecular weight excluding hydrogens is 426 g/mol. The molecule has 1 aromatic carbocycles. The van der Waals surface area contributed by atoms with E-state index in [1.807, 2.05) is 13.8 Å². The van der Waals surface area contributed by atoms with Crippen LogP contribution >= 0.6 is 0 Å². The van der Waals surface area contributed by atoms with Crippen LogP contribution in [0.1, 0.15) is 48.9 Å². The number of carbonyl (C=O) groups excluding carboxylic acids is 2. The number of hydrogen-bond donors (Lipinski definition) is 1. The molecule has 0 radical (unpaired) electrons. The van der Waals surface area contributed by atoms with E-state index < -0.39 is 24.6 Å². The first-order chi connectivity index (χ1) is 15.8. The van der Waals surface area contributed by atoms with Crippen LogP contribution in [0.5, 0.6) is 11.6 Å². The number of allylic oxidation sites excluding steroid dienone is 1. The van der Waals surface area contributed by atoms with E-state index in [0.717, 1.165) is 11.3 Å². The maximum atomic E-state index is 13.2. The van der Waals surface area contributed by atoms with Crippen molar-refractivity contribution in [3.8, 4) is 17.7 Å². The third-order valence-electron chi connectivity index (χ3n) is 5.19. The van der Waals surface area contributed by atoms with Gasteiger partial charge < -0.3 is 24.3 Å². The van der Waals surface area contributed by atoms with Gasteiger partial charge in [0.15, 0.2) is 0 Å². The minimum atomic E-state index is -0.678. The summed E-state index contributed by atoms with van der Waals surface area (Å²) in [7, 11) is 1.50. The van der Waals surface area contributed by atoms with Crippen molar-refractivity contribution in [3.63, 3.8) is 0 Å². The van der Waals surface area contributed by atoms with E-state index in [-0.39, 0.29) is 5.57 Å². The Kier molecular flexibility index (Phi) is 7.18. The first kappa shape index (κ1) is 23.6. The lowest BCUT2D eigenvalue weighted by atomic mass is 9.79. The average Bonchev–Trinajstić information content (AvgIpc) is 2.79. The summed E-state index contributed by atoms with van der Waals surface area (Å²) in [6.45, 7) is 6.59. The predicted octanol–water partition coefficient (Wildman–Crippen LogP) is 3.56. The number of pyridine rings is 1. The van der Waals surface area contributed by atoms with Crippen LogP contribution in [0, 0.1) is 18.3 Å². The lowest BCUT2D eigenvalue weighted by Crippen LogP contribution is -2.27. The molecule has 1 aliphatic heterocycles. The standard InChI is InChI=1S/C24H25N3O6/c1-6-31-23-21-20(17-8-7-16(10-25)9-18(17)30-5)19(24(29)33-12-32-15(4)28)14(3)27-22(21)13(2)11-26-23/h7-9,11,20,27H,6,12H2,1-5H3/t20-/m0/s1. The molecule has 33 heavy (non-hydrogen) atoms. The zero-order chi connectivity index (χ0) is 24.1. The monoisotopic (exact) mass is 451 g/mol. The summed E-state index contributed by atoms with van der Waals surface area (Å²) in [6, 6.07) is 7.09. The molecule has 9 nitrogen and oxygen atoms in total. The van der Waals surface area contributed by atoms with Crippen LogP contribution in [0.25, 0.3) is 0 Å². The molecule has 0 saturated carbocycles. The van der Waals surface area contributed by atoms with E-state index in [1.165, 1.54) is 14.0 Å². The summed E-state index contributed by atoms with van der Waals surface area (Å²) >= 11 is 0. The lowest BCUT2D eigenvalue weighted by Gasteiger charge is -2.32. The fourth-order valence-corrected chi connectivity index (χ4v) is 3.75. The second-order valence-electron chi connectivity index (χ2n) is 7.32. The minimum absolute atomic E-state index is 0.283. The van der Waals surface area contributed by atoms with Gasteiger partial charge in [0, 0.05) is 24.4 Å². The Morgan fingerprint density at radius 1 is 1.24 bits per heavy atom. The summed E-state index contributed by atoms with van der Waals surface area (Å²) in [5, 5.41) is 12.6. The van der Waals surface area contributed by atoms with Gasteiger partial charge >= 0.3 is 11.9 Å². The minimum Gasteiger partial charge on any atom is -0.496 e. The maximum absolute atomic E-state index is 13.2. The molecule has 3 rings (SSSR count). The van der Waals surface area contributed by atoms with Gasteiger partial charge in [-0.3, -0.25) is 4.79 Å². The van der Waals surface area contributed by atoms with Crippen molar-refractivity contribution in [2.75, 3.05) is 25.8 Å². The molecule has 1 aliphatic rings. The molecule has 1 atom stereocenters. The number of esters is 2. The summed E-state index contributed by atoms with van der Waals surface area (Å²) in [5.41, 5.74) is 4.15. The number of methoxy groups -OCH3 is 1. The van der Waals surface area contributed by atoms with Gasteiger partial charge in [-0.25, -0.2) is 9.78 Å². The number of hydrogen-bond acceptors (Lipinski definition) is 9. The Morgan fingerprint density at radius 3 is 2.64 bits per heavy atom. The van der Waals surface area contributed by atoms with Crippen molar-refractivity contribution in [2.45, 2.75) is 33.6 Å². The number of nitriles is 1. The van der Waals surface area contributed by atoms with Crippen LogP contribution in [0.15, 0.2) is 35.7 Å². The third-order valence-corrected chi connectivity index (χ3v) is 5.19. The quantitative estimate of drug-likeness (QED) is 0.497. The fraction of sp³-hybridized carbons (Fsp3) is 0.333. The summed E-state index contributed by atoms with van der Waals surface area (Å²) in [5.74, 6) is -1.13. The molecule has 2 heterocycles. The Labute approximate surface area is 191 Å². The van der Waals surface area contributed by atoms with E-state index in [4.69, 9.17) is 18.9 Å². The third kappa shape index (κ3) is 4.75. The van der Waals surface area contributed by atoms with E-state index in [0.29, 0.717) is 40.6 Å². The number of benzene rings is 1. The molecule has 0 unspecified atom stereocenters. The summed E-state index contributed by atoms with van der Waals surface area (Å²) < 4.78 is 21.4. The highest BCUT2D eigenvalue weighted by Crippen LogP contribution is 2.49. The van der Waals surface area contributed by atoms with Crippen molar-refractivity contribution in [1.29, 1.82) is 5.26 Å². The zero-order valence-corrected chi connectivity index (χ0v) is 19.1. The molecule has 0 saturated heterocycles. The van der Waals surface area contributed by atoms with Gasteiger partial charge in [0.25, 0.3) is 0 Å². The van der Waals surface area contributed by atoms with Gasteiger partial charge in [-0.15, -0.1) is 0 Å². The van der Waals surface area contributed by atoms with Gasteiger partial charge in [-0.2, -0.15) is 5.26 Å². The number of aryl methyl sites for hydroxylation is 1. The first-order valence-corrected chi connectivity index (χ1v) is 10.3. The van der Waals surface area contributed by atoms with Gasteiger partial charge in [0.2, 0.25) is 12.7 Å². The zero-order valence-electron chi connectivity index (χ0n) is 19.1. The van der Waals surface area contributed by atoms with Crippen molar-refractivity contribution >= 4 is 17.6 Å². The average molecular weight is 451 g/mol. The van der Waals surface area contributed by atoms with Gasteiger partial charge in [0.05, 0.1) is 48.1 Å². The van der Waals surface area contributed by atoms with E-state index in [2.05, 4.69) is 16.4 Å². The van der Waals surface area contributed by atoms with E-state index in [1.54, 1.807) is 31.3 Å². The summed E-state index contributed by atoms with van der Waals surface area (Å²) in [4.78, 5) is 28.8. The largest absolute Gasteiger partial charge is 0.496 e. The molecule has 1 aromatic heterocycles. The van der Waals surface area contributed by atoms with Gasteiger partial charge in [-0.1, -0.05) is 6.07 Å². The SMILES string of the molecule is CCOc1ncc(C)c2c1[C@@H](c1ccc(C#N)cc1OC)C(C(=O)OCOC(C)=O)=C(C)N2.